The van der Waals surface area contributed by atoms with Crippen molar-refractivity contribution in [2.45, 2.75) is 0 Å². The predicted molar refractivity (Wildman–Crippen MR) is 84.0 cm³/mol. The molecule has 96 valence electrons. The van der Waals surface area contributed by atoms with Crippen LogP contribution in [0.3, 0.4) is 0 Å². The van der Waals surface area contributed by atoms with E-state index >= 15 is 0 Å². The molecule has 0 aliphatic heterocycles. The monoisotopic (exact) mass is 353 g/mol. The summed E-state index contributed by atoms with van der Waals surface area (Å²) in [6, 6.07) is 9.11. The molecule has 0 saturated heterocycles. The fraction of sp³-hybridized carbons (Fsp3) is 0. The van der Waals surface area contributed by atoms with Crippen LogP contribution in [-0.4, -0.2) is 10.9 Å². The van der Waals surface area contributed by atoms with Gasteiger partial charge in [-0.2, -0.15) is 0 Å². The number of thiazole rings is 1. The lowest BCUT2D eigenvalue weighted by atomic mass is 10.3. The first kappa shape index (κ1) is 12.6. The molecule has 19 heavy (non-hydrogen) atoms. The maximum atomic E-state index is 12.0. The molecule has 3 N–H and O–H groups in total. The summed E-state index contributed by atoms with van der Waals surface area (Å²) in [5.41, 5.74) is 7.24. The van der Waals surface area contributed by atoms with Crippen LogP contribution in [0.5, 0.6) is 0 Å². The number of amides is 1. The van der Waals surface area contributed by atoms with Crippen LogP contribution >= 0.6 is 38.6 Å². The lowest BCUT2D eigenvalue weighted by molar-refractivity contribution is 0.103. The maximum absolute atomic E-state index is 12.0. The number of anilines is 2. The molecule has 0 aliphatic rings. The van der Waals surface area contributed by atoms with E-state index in [0.717, 1.165) is 14.0 Å². The van der Waals surface area contributed by atoms with Crippen molar-refractivity contribution in [3.05, 3.63) is 39.0 Å². The molecule has 7 heteroatoms. The molecule has 0 atom stereocenters. The van der Waals surface area contributed by atoms with Gasteiger partial charge in [-0.15, -0.1) is 11.3 Å². The molecular weight excluding hydrogens is 346 g/mol. The van der Waals surface area contributed by atoms with E-state index in [-0.39, 0.29) is 5.91 Å². The minimum absolute atomic E-state index is 0.150. The second kappa shape index (κ2) is 4.92. The molecule has 0 bridgehead atoms. The normalized spacial score (nSPS) is 10.8. The maximum Gasteiger partial charge on any atom is 0.267 e. The number of fused-ring (bicyclic) bond motifs is 1. The Morgan fingerprint density at radius 3 is 2.84 bits per heavy atom. The van der Waals surface area contributed by atoms with E-state index in [0.29, 0.717) is 15.7 Å². The van der Waals surface area contributed by atoms with E-state index in [2.05, 4.69) is 26.2 Å². The van der Waals surface area contributed by atoms with Crippen LogP contribution in [0.4, 0.5) is 10.8 Å². The Bertz CT molecular complexity index is 765. The van der Waals surface area contributed by atoms with Crippen LogP contribution in [0.1, 0.15) is 9.67 Å². The van der Waals surface area contributed by atoms with Gasteiger partial charge in [0.05, 0.1) is 18.9 Å². The van der Waals surface area contributed by atoms with E-state index in [1.165, 1.54) is 22.7 Å². The first-order valence-corrected chi connectivity index (χ1v) is 7.77. The molecule has 2 aromatic heterocycles. The van der Waals surface area contributed by atoms with Crippen molar-refractivity contribution < 1.29 is 4.79 Å². The Balaban J connectivity index is 1.87. The molecule has 0 fully saturated rings. The van der Waals surface area contributed by atoms with Gasteiger partial charge in [0.1, 0.15) is 0 Å². The Hall–Kier alpha value is -1.44. The van der Waals surface area contributed by atoms with Gasteiger partial charge < -0.3 is 5.73 Å². The lowest BCUT2D eigenvalue weighted by Crippen LogP contribution is -2.09. The first-order valence-electron chi connectivity index (χ1n) is 5.34. The highest BCUT2D eigenvalue weighted by molar-refractivity contribution is 9.11. The molecule has 4 nitrogen and oxygen atoms in total. The third-order valence-corrected chi connectivity index (χ3v) is 4.99. The smallest absolute Gasteiger partial charge is 0.267 e. The molecule has 0 saturated carbocycles. The summed E-state index contributed by atoms with van der Waals surface area (Å²) in [5, 5.41) is 3.38. The Kier molecular flexibility index (Phi) is 3.26. The summed E-state index contributed by atoms with van der Waals surface area (Å²) in [7, 11) is 0. The average Bonchev–Trinajstić information content (AvgIpc) is 2.94. The lowest BCUT2D eigenvalue weighted by Gasteiger charge is -1.96. The molecule has 0 spiro atoms. The number of nitrogens with zero attached hydrogens (tertiary/aromatic N) is 1. The number of thiophene rings is 1. The number of aromatic nitrogens is 1. The quantitative estimate of drug-likeness (QED) is 0.685. The van der Waals surface area contributed by atoms with Crippen LogP contribution in [0.25, 0.3) is 10.2 Å². The summed E-state index contributed by atoms with van der Waals surface area (Å²) in [6.45, 7) is 0. The summed E-state index contributed by atoms with van der Waals surface area (Å²) in [5.74, 6) is -0.150. The SMILES string of the molecule is Nc1ccc2nc(NC(=O)c3ccc(Br)s3)sc2c1. The first-order chi connectivity index (χ1) is 9.11. The molecule has 0 aliphatic carbocycles. The average molecular weight is 354 g/mol. The van der Waals surface area contributed by atoms with Crippen LogP contribution in [0, 0.1) is 0 Å². The second-order valence-corrected chi connectivity index (χ2v) is 7.30. The number of benzene rings is 1. The fourth-order valence-electron chi connectivity index (χ4n) is 1.59. The zero-order chi connectivity index (χ0) is 13.4. The van der Waals surface area contributed by atoms with E-state index < -0.39 is 0 Å². The van der Waals surface area contributed by atoms with Gasteiger partial charge in [-0.05, 0) is 46.3 Å². The number of carbonyl (C=O) groups is 1. The highest BCUT2D eigenvalue weighted by atomic mass is 79.9. The molecule has 2 heterocycles. The van der Waals surface area contributed by atoms with Gasteiger partial charge >= 0.3 is 0 Å². The minimum atomic E-state index is -0.150. The highest BCUT2D eigenvalue weighted by Crippen LogP contribution is 2.29. The summed E-state index contributed by atoms with van der Waals surface area (Å²) >= 11 is 6.13. The predicted octanol–water partition coefficient (Wildman–Crippen LogP) is 3.95. The van der Waals surface area contributed by atoms with Gasteiger partial charge in [0.25, 0.3) is 5.91 Å². The van der Waals surface area contributed by atoms with E-state index in [9.17, 15) is 4.79 Å². The van der Waals surface area contributed by atoms with Gasteiger partial charge in [0.15, 0.2) is 5.13 Å². The fourth-order valence-corrected chi connectivity index (χ4v) is 3.78. The van der Waals surface area contributed by atoms with Gasteiger partial charge in [0.2, 0.25) is 0 Å². The minimum Gasteiger partial charge on any atom is -0.399 e. The van der Waals surface area contributed by atoms with Crippen molar-refractivity contribution in [1.82, 2.24) is 4.98 Å². The third kappa shape index (κ3) is 2.63. The van der Waals surface area contributed by atoms with Crippen molar-refractivity contribution in [2.75, 3.05) is 11.1 Å². The molecule has 1 amide bonds. The Morgan fingerprint density at radius 1 is 1.26 bits per heavy atom. The third-order valence-electron chi connectivity index (χ3n) is 2.43. The van der Waals surface area contributed by atoms with Crippen molar-refractivity contribution in [2.24, 2.45) is 0 Å². The van der Waals surface area contributed by atoms with E-state index in [4.69, 9.17) is 5.73 Å². The number of halogens is 1. The second-order valence-electron chi connectivity index (χ2n) is 3.80. The molecule has 0 radical (unpaired) electrons. The summed E-state index contributed by atoms with van der Waals surface area (Å²) in [6.07, 6.45) is 0. The Labute approximate surface area is 125 Å². The topological polar surface area (TPSA) is 68.0 Å². The molecule has 1 aromatic carbocycles. The molecule has 0 unspecified atom stereocenters. The van der Waals surface area contributed by atoms with Crippen LogP contribution in [0.15, 0.2) is 34.1 Å². The largest absolute Gasteiger partial charge is 0.399 e. The van der Waals surface area contributed by atoms with E-state index in [1.807, 2.05) is 18.2 Å². The number of carbonyl (C=O) groups excluding carboxylic acids is 1. The van der Waals surface area contributed by atoms with Crippen molar-refractivity contribution in [1.29, 1.82) is 0 Å². The Morgan fingerprint density at radius 2 is 2.11 bits per heavy atom. The summed E-state index contributed by atoms with van der Waals surface area (Å²) in [4.78, 5) is 17.0. The molecule has 3 aromatic rings. The summed E-state index contributed by atoms with van der Waals surface area (Å²) < 4.78 is 1.89. The standard InChI is InChI=1S/C12H8BrN3OS2/c13-10-4-3-8(18-10)11(17)16-12-15-7-2-1-6(14)5-9(7)19-12/h1-5H,14H2,(H,15,16,17). The highest BCUT2D eigenvalue weighted by Gasteiger charge is 2.11. The zero-order valence-corrected chi connectivity index (χ0v) is 12.7. The van der Waals surface area contributed by atoms with Gasteiger partial charge in [-0.3, -0.25) is 10.1 Å². The van der Waals surface area contributed by atoms with Crippen LogP contribution in [-0.2, 0) is 0 Å². The van der Waals surface area contributed by atoms with Crippen LogP contribution < -0.4 is 11.1 Å². The molecule has 3 rings (SSSR count). The number of hydrogen-bond donors (Lipinski definition) is 2. The number of rotatable bonds is 2. The van der Waals surface area contributed by atoms with Gasteiger partial charge in [-0.25, -0.2) is 4.98 Å². The van der Waals surface area contributed by atoms with Crippen molar-refractivity contribution >= 4 is 65.5 Å². The number of nitrogens with two attached hydrogens (primary N) is 1. The van der Waals surface area contributed by atoms with Crippen molar-refractivity contribution in [3.8, 4) is 0 Å². The number of hydrogen-bond acceptors (Lipinski definition) is 5. The molecular formula is C12H8BrN3OS2. The number of nitrogens with one attached hydrogen (secondary N) is 1. The van der Waals surface area contributed by atoms with Crippen molar-refractivity contribution in [3.63, 3.8) is 0 Å². The van der Waals surface area contributed by atoms with E-state index in [1.54, 1.807) is 12.1 Å². The van der Waals surface area contributed by atoms with Gasteiger partial charge in [-0.1, -0.05) is 11.3 Å². The van der Waals surface area contributed by atoms with Gasteiger partial charge in [0, 0.05) is 5.69 Å². The number of nitrogen functional groups attached to an aromatic ring is 1. The van der Waals surface area contributed by atoms with Crippen LogP contribution in [0.2, 0.25) is 0 Å². The zero-order valence-electron chi connectivity index (χ0n) is 9.51.